The molecule has 0 radical (unpaired) electrons. The Balaban J connectivity index is 1.87. The molecule has 0 aliphatic heterocycles. The Bertz CT molecular complexity index is 786. The van der Waals surface area contributed by atoms with E-state index in [1.54, 1.807) is 19.1 Å². The predicted octanol–water partition coefficient (Wildman–Crippen LogP) is 3.01. The maximum atomic E-state index is 12.1. The molecule has 0 fully saturated rings. The fourth-order valence-corrected chi connectivity index (χ4v) is 2.08. The highest BCUT2D eigenvalue weighted by molar-refractivity contribution is 6.03. The number of ether oxygens (including phenoxy) is 3. The van der Waals surface area contributed by atoms with Crippen LogP contribution in [0.5, 0.6) is 5.75 Å². The summed E-state index contributed by atoms with van der Waals surface area (Å²) in [5, 5.41) is 10.6. The van der Waals surface area contributed by atoms with E-state index in [1.165, 1.54) is 36.4 Å². The maximum Gasteiger partial charge on any atom is 0.339 e. The van der Waals surface area contributed by atoms with Gasteiger partial charge in [0, 0.05) is 12.1 Å². The number of esters is 2. The number of carbonyl (C=O) groups excluding carboxylic acids is 2. The fraction of sp³-hybridized carbons (Fsp3) is 0.222. The summed E-state index contributed by atoms with van der Waals surface area (Å²) in [6.07, 6.45) is 0. The highest BCUT2D eigenvalue weighted by Crippen LogP contribution is 2.17. The number of benzene rings is 2. The van der Waals surface area contributed by atoms with Gasteiger partial charge in [-0.15, -0.1) is 0 Å². The lowest BCUT2D eigenvalue weighted by atomic mass is 10.1. The number of rotatable bonds is 8. The topological polar surface area (TPSA) is 105 Å². The number of hydrogen-bond donors (Lipinski definition) is 0. The normalized spacial score (nSPS) is 10.0. The quantitative estimate of drug-likeness (QED) is 0.309. The highest BCUT2D eigenvalue weighted by Gasteiger charge is 2.18. The van der Waals surface area contributed by atoms with Crippen LogP contribution in [-0.4, -0.2) is 36.7 Å². The molecule has 0 amide bonds. The number of nitro groups is 1. The third kappa shape index (κ3) is 5.04. The smallest absolute Gasteiger partial charge is 0.339 e. The molecule has 0 heterocycles. The third-order valence-corrected chi connectivity index (χ3v) is 3.28. The van der Waals surface area contributed by atoms with Gasteiger partial charge in [0.2, 0.25) is 0 Å². The van der Waals surface area contributed by atoms with Crippen LogP contribution in [0.25, 0.3) is 0 Å². The summed E-state index contributed by atoms with van der Waals surface area (Å²) in [4.78, 5) is 34.1. The van der Waals surface area contributed by atoms with Crippen LogP contribution in [0.3, 0.4) is 0 Å². The molecule has 0 spiro atoms. The molecule has 26 heavy (non-hydrogen) atoms. The van der Waals surface area contributed by atoms with Crippen molar-refractivity contribution in [3.8, 4) is 5.75 Å². The monoisotopic (exact) mass is 359 g/mol. The number of non-ortho nitro benzene ring substituents is 1. The molecule has 0 unspecified atom stereocenters. The lowest BCUT2D eigenvalue weighted by molar-refractivity contribution is -0.384. The van der Waals surface area contributed by atoms with Gasteiger partial charge in [-0.25, -0.2) is 9.59 Å². The van der Waals surface area contributed by atoms with Gasteiger partial charge < -0.3 is 14.2 Å². The van der Waals surface area contributed by atoms with Crippen molar-refractivity contribution >= 4 is 17.6 Å². The van der Waals surface area contributed by atoms with E-state index in [1.807, 2.05) is 0 Å². The van der Waals surface area contributed by atoms with Crippen LogP contribution in [0, 0.1) is 10.1 Å². The largest absolute Gasteiger partial charge is 0.490 e. The van der Waals surface area contributed by atoms with Crippen molar-refractivity contribution in [1.29, 1.82) is 0 Å². The molecular formula is C18H17NO7. The number of hydrogen-bond acceptors (Lipinski definition) is 7. The molecule has 0 aliphatic carbocycles. The summed E-state index contributed by atoms with van der Waals surface area (Å²) in [7, 11) is 0. The number of nitro benzene ring substituents is 1. The molecule has 8 nitrogen and oxygen atoms in total. The Labute approximate surface area is 149 Å². The summed E-state index contributed by atoms with van der Waals surface area (Å²) in [5.41, 5.74) is 0.205. The van der Waals surface area contributed by atoms with E-state index in [0.717, 1.165) is 0 Å². The van der Waals surface area contributed by atoms with Crippen molar-refractivity contribution in [2.75, 3.05) is 19.8 Å². The van der Waals surface area contributed by atoms with E-state index in [4.69, 9.17) is 14.2 Å². The lowest BCUT2D eigenvalue weighted by Gasteiger charge is -2.10. The van der Waals surface area contributed by atoms with Crippen molar-refractivity contribution in [3.63, 3.8) is 0 Å². The van der Waals surface area contributed by atoms with E-state index < -0.39 is 16.9 Å². The molecule has 0 N–H and O–H groups in total. The molecule has 0 aromatic heterocycles. The molecule has 136 valence electrons. The Hall–Kier alpha value is -3.42. The van der Waals surface area contributed by atoms with Gasteiger partial charge >= 0.3 is 11.9 Å². The molecule has 0 saturated heterocycles. The summed E-state index contributed by atoms with van der Waals surface area (Å²) < 4.78 is 15.4. The molecule has 0 aliphatic rings. The van der Waals surface area contributed by atoms with E-state index in [9.17, 15) is 19.7 Å². The molecule has 2 rings (SSSR count). The second-order valence-corrected chi connectivity index (χ2v) is 5.00. The van der Waals surface area contributed by atoms with Crippen molar-refractivity contribution in [3.05, 3.63) is 69.8 Å². The zero-order valence-electron chi connectivity index (χ0n) is 14.0. The minimum Gasteiger partial charge on any atom is -0.490 e. The Kier molecular flexibility index (Phi) is 6.67. The van der Waals surface area contributed by atoms with E-state index in [0.29, 0.717) is 5.75 Å². The Morgan fingerprint density at radius 1 is 0.923 bits per heavy atom. The Morgan fingerprint density at radius 2 is 1.50 bits per heavy atom. The van der Waals surface area contributed by atoms with Crippen LogP contribution in [-0.2, 0) is 9.47 Å². The van der Waals surface area contributed by atoms with Crippen molar-refractivity contribution < 1.29 is 28.7 Å². The van der Waals surface area contributed by atoms with E-state index >= 15 is 0 Å². The van der Waals surface area contributed by atoms with E-state index in [-0.39, 0.29) is 36.6 Å². The minimum atomic E-state index is -0.666. The number of carbonyl (C=O) groups is 2. The van der Waals surface area contributed by atoms with E-state index in [2.05, 4.69) is 0 Å². The second kappa shape index (κ2) is 9.16. The molecule has 0 saturated carbocycles. The van der Waals surface area contributed by atoms with Gasteiger partial charge in [-0.1, -0.05) is 12.1 Å². The van der Waals surface area contributed by atoms with Gasteiger partial charge in [-0.3, -0.25) is 10.1 Å². The molecular weight excluding hydrogens is 342 g/mol. The average molecular weight is 359 g/mol. The maximum absolute atomic E-state index is 12.1. The molecule has 0 atom stereocenters. The highest BCUT2D eigenvalue weighted by atomic mass is 16.6. The first-order chi connectivity index (χ1) is 12.5. The van der Waals surface area contributed by atoms with Gasteiger partial charge in [0.05, 0.1) is 22.7 Å². The third-order valence-electron chi connectivity index (χ3n) is 3.28. The standard InChI is InChI=1S/C18H17NO7/c1-2-24-17(20)15-5-3-4-6-16(15)18(21)26-12-11-25-14-9-7-13(8-10-14)19(22)23/h3-10H,2,11-12H2,1H3. The second-order valence-electron chi connectivity index (χ2n) is 5.00. The van der Waals surface area contributed by atoms with Crippen molar-refractivity contribution in [1.82, 2.24) is 0 Å². The lowest BCUT2D eigenvalue weighted by Crippen LogP contribution is -2.16. The molecule has 8 heteroatoms. The van der Waals surface area contributed by atoms with Crippen molar-refractivity contribution in [2.24, 2.45) is 0 Å². The SMILES string of the molecule is CCOC(=O)c1ccccc1C(=O)OCCOc1ccc([N+](=O)[O-])cc1. The molecule has 0 bridgehead atoms. The fourth-order valence-electron chi connectivity index (χ4n) is 2.08. The zero-order valence-corrected chi connectivity index (χ0v) is 14.0. The predicted molar refractivity (Wildman–Crippen MR) is 91.3 cm³/mol. The van der Waals surface area contributed by atoms with Gasteiger partial charge in [0.1, 0.15) is 19.0 Å². The average Bonchev–Trinajstić information content (AvgIpc) is 2.65. The first-order valence-electron chi connectivity index (χ1n) is 7.83. The Morgan fingerprint density at radius 3 is 2.04 bits per heavy atom. The van der Waals surface area contributed by atoms with Crippen LogP contribution in [0.2, 0.25) is 0 Å². The first-order valence-corrected chi connectivity index (χ1v) is 7.83. The van der Waals surface area contributed by atoms with Crippen LogP contribution in [0.15, 0.2) is 48.5 Å². The summed E-state index contributed by atoms with van der Waals surface area (Å²) in [6.45, 7) is 1.89. The van der Waals surface area contributed by atoms with Crippen molar-refractivity contribution in [2.45, 2.75) is 6.92 Å². The first kappa shape index (κ1) is 18.9. The minimum absolute atomic E-state index is 0.0423. The van der Waals surface area contributed by atoms with Gasteiger partial charge in [0.25, 0.3) is 5.69 Å². The van der Waals surface area contributed by atoms with Gasteiger partial charge in [-0.2, -0.15) is 0 Å². The number of nitrogens with zero attached hydrogens (tertiary/aromatic N) is 1. The van der Waals surface area contributed by atoms with Gasteiger partial charge in [-0.05, 0) is 31.2 Å². The summed E-state index contributed by atoms with van der Waals surface area (Å²) >= 11 is 0. The van der Waals surface area contributed by atoms with Crippen LogP contribution >= 0.6 is 0 Å². The van der Waals surface area contributed by atoms with Crippen LogP contribution in [0.4, 0.5) is 5.69 Å². The summed E-state index contributed by atoms with van der Waals surface area (Å²) in [5.74, 6) is -0.846. The van der Waals surface area contributed by atoms with Crippen LogP contribution < -0.4 is 4.74 Å². The van der Waals surface area contributed by atoms with Crippen LogP contribution in [0.1, 0.15) is 27.6 Å². The zero-order chi connectivity index (χ0) is 18.9. The summed E-state index contributed by atoms with van der Waals surface area (Å²) in [6, 6.07) is 11.8. The van der Waals surface area contributed by atoms with Gasteiger partial charge in [0.15, 0.2) is 0 Å². The molecule has 2 aromatic carbocycles. The molecule has 2 aromatic rings.